The lowest BCUT2D eigenvalue weighted by atomic mass is 10.1. The van der Waals surface area contributed by atoms with Crippen molar-refractivity contribution in [1.29, 1.82) is 0 Å². The number of methoxy groups -OCH3 is 1. The van der Waals surface area contributed by atoms with Gasteiger partial charge in [-0.05, 0) is 36.0 Å². The minimum Gasteiger partial charge on any atom is -0.480 e. The lowest BCUT2D eigenvalue weighted by molar-refractivity contribution is 0.390. The number of nitrogens with one attached hydrogen (secondary N) is 1. The second-order valence-corrected chi connectivity index (χ2v) is 4.77. The molecule has 0 spiro atoms. The van der Waals surface area contributed by atoms with Gasteiger partial charge in [0.15, 0.2) is 0 Å². The maximum Gasteiger partial charge on any atom is 0.233 e. The Kier molecular flexibility index (Phi) is 4.49. The second kappa shape index (κ2) is 6.12. The third-order valence-electron chi connectivity index (χ3n) is 2.86. The van der Waals surface area contributed by atoms with Crippen molar-refractivity contribution in [3.63, 3.8) is 0 Å². The Morgan fingerprint density at radius 2 is 2.21 bits per heavy atom. The summed E-state index contributed by atoms with van der Waals surface area (Å²) in [6.45, 7) is 2.85. The molecule has 0 bridgehead atoms. The second-order valence-electron chi connectivity index (χ2n) is 3.92. The molecule has 0 amide bonds. The fourth-order valence-electron chi connectivity index (χ4n) is 1.93. The first-order valence-electron chi connectivity index (χ1n) is 5.97. The first-order chi connectivity index (χ1) is 9.21. The number of aryl methyl sites for hydroxylation is 1. The minimum absolute atomic E-state index is 0.0739. The van der Waals surface area contributed by atoms with Crippen LogP contribution in [0.1, 0.15) is 24.4 Å². The van der Waals surface area contributed by atoms with Gasteiger partial charge in [-0.2, -0.15) is 5.10 Å². The average Bonchev–Trinajstić information content (AvgIpc) is 2.82. The Hall–Kier alpha value is -1.47. The standard InChI is InChI=1S/C12H16BrN5O/c1-4-18-12(8(13)7-15-18)11(14-2)9-5-6-10(19-3)17-16-9/h5-7,11,14H,4H2,1-3H3. The highest BCUT2D eigenvalue weighted by Crippen LogP contribution is 2.27. The first-order valence-corrected chi connectivity index (χ1v) is 6.76. The Morgan fingerprint density at radius 3 is 2.74 bits per heavy atom. The molecule has 102 valence electrons. The highest BCUT2D eigenvalue weighted by Gasteiger charge is 2.21. The van der Waals surface area contributed by atoms with E-state index in [0.29, 0.717) is 5.88 Å². The summed E-state index contributed by atoms with van der Waals surface area (Å²) in [6, 6.07) is 3.62. The van der Waals surface area contributed by atoms with Crippen LogP contribution in [0.15, 0.2) is 22.8 Å². The van der Waals surface area contributed by atoms with E-state index in [9.17, 15) is 0 Å². The highest BCUT2D eigenvalue weighted by molar-refractivity contribution is 9.10. The van der Waals surface area contributed by atoms with Crippen molar-refractivity contribution >= 4 is 15.9 Å². The van der Waals surface area contributed by atoms with Crippen LogP contribution in [0, 0.1) is 0 Å². The summed E-state index contributed by atoms with van der Waals surface area (Å²) in [7, 11) is 3.46. The molecule has 0 aliphatic carbocycles. The van der Waals surface area contributed by atoms with Crippen LogP contribution >= 0.6 is 15.9 Å². The summed E-state index contributed by atoms with van der Waals surface area (Å²) in [5.41, 5.74) is 1.85. The largest absolute Gasteiger partial charge is 0.480 e. The molecular formula is C12H16BrN5O. The molecule has 7 heteroatoms. The molecule has 19 heavy (non-hydrogen) atoms. The SMILES string of the molecule is CCn1ncc(Br)c1C(NC)c1ccc(OC)nn1. The highest BCUT2D eigenvalue weighted by atomic mass is 79.9. The number of aromatic nitrogens is 4. The third-order valence-corrected chi connectivity index (χ3v) is 3.47. The van der Waals surface area contributed by atoms with E-state index in [1.807, 2.05) is 17.8 Å². The van der Waals surface area contributed by atoms with Crippen molar-refractivity contribution < 1.29 is 4.74 Å². The van der Waals surface area contributed by atoms with Crippen LogP contribution in [0.4, 0.5) is 0 Å². The van der Waals surface area contributed by atoms with E-state index in [0.717, 1.165) is 22.4 Å². The number of hydrogen-bond donors (Lipinski definition) is 1. The van der Waals surface area contributed by atoms with Crippen molar-refractivity contribution in [1.82, 2.24) is 25.3 Å². The lowest BCUT2D eigenvalue weighted by Crippen LogP contribution is -2.23. The zero-order valence-electron chi connectivity index (χ0n) is 11.1. The van der Waals surface area contributed by atoms with Crippen molar-refractivity contribution in [3.8, 4) is 5.88 Å². The average molecular weight is 326 g/mol. The molecule has 0 aliphatic rings. The molecule has 1 N–H and O–H groups in total. The molecule has 0 saturated heterocycles. The van der Waals surface area contributed by atoms with Gasteiger partial charge in [-0.1, -0.05) is 0 Å². The Morgan fingerprint density at radius 1 is 1.42 bits per heavy atom. The summed E-state index contributed by atoms with van der Waals surface area (Å²) in [4.78, 5) is 0. The summed E-state index contributed by atoms with van der Waals surface area (Å²) in [5.74, 6) is 0.502. The van der Waals surface area contributed by atoms with Crippen LogP contribution < -0.4 is 10.1 Å². The number of halogens is 1. The van der Waals surface area contributed by atoms with E-state index in [4.69, 9.17) is 4.74 Å². The summed E-state index contributed by atoms with van der Waals surface area (Å²) in [6.07, 6.45) is 1.79. The lowest BCUT2D eigenvalue weighted by Gasteiger charge is -2.17. The van der Waals surface area contributed by atoms with E-state index in [1.165, 1.54) is 0 Å². The Bertz CT molecular complexity index is 540. The molecule has 2 aromatic rings. The molecule has 2 aromatic heterocycles. The van der Waals surface area contributed by atoms with Gasteiger partial charge in [-0.25, -0.2) is 0 Å². The van der Waals surface area contributed by atoms with Crippen LogP contribution in [0.25, 0.3) is 0 Å². The van der Waals surface area contributed by atoms with Crippen LogP contribution in [0.2, 0.25) is 0 Å². The molecular weight excluding hydrogens is 310 g/mol. The van der Waals surface area contributed by atoms with Crippen LogP contribution in [0.5, 0.6) is 5.88 Å². The number of ether oxygens (including phenoxy) is 1. The van der Waals surface area contributed by atoms with Gasteiger partial charge < -0.3 is 10.1 Å². The maximum atomic E-state index is 5.02. The molecule has 0 aliphatic heterocycles. The molecule has 0 radical (unpaired) electrons. The number of rotatable bonds is 5. The van der Waals surface area contributed by atoms with Gasteiger partial charge in [0, 0.05) is 12.6 Å². The van der Waals surface area contributed by atoms with E-state index in [-0.39, 0.29) is 6.04 Å². The van der Waals surface area contributed by atoms with Gasteiger partial charge in [0.2, 0.25) is 5.88 Å². The monoisotopic (exact) mass is 325 g/mol. The van der Waals surface area contributed by atoms with Gasteiger partial charge >= 0.3 is 0 Å². The molecule has 2 rings (SSSR count). The molecule has 1 unspecified atom stereocenters. The number of hydrogen-bond acceptors (Lipinski definition) is 5. The normalized spacial score (nSPS) is 12.4. The Balaban J connectivity index is 2.40. The van der Waals surface area contributed by atoms with Gasteiger partial charge in [-0.15, -0.1) is 10.2 Å². The summed E-state index contributed by atoms with van der Waals surface area (Å²) < 4.78 is 7.90. The predicted molar refractivity (Wildman–Crippen MR) is 75.1 cm³/mol. The minimum atomic E-state index is -0.0739. The molecule has 0 saturated carbocycles. The third kappa shape index (κ3) is 2.76. The molecule has 6 nitrogen and oxygen atoms in total. The van der Waals surface area contributed by atoms with Gasteiger partial charge in [0.1, 0.15) is 0 Å². The van der Waals surface area contributed by atoms with Gasteiger partial charge in [0.05, 0.1) is 35.2 Å². The first kappa shape index (κ1) is 14.0. The predicted octanol–water partition coefficient (Wildman–Crippen LogP) is 1.77. The molecule has 1 atom stereocenters. The fourth-order valence-corrected chi connectivity index (χ4v) is 2.45. The van der Waals surface area contributed by atoms with Crippen molar-refractivity contribution in [2.24, 2.45) is 0 Å². The Labute approximate surface area is 120 Å². The van der Waals surface area contributed by atoms with E-state index < -0.39 is 0 Å². The van der Waals surface area contributed by atoms with Crippen LogP contribution in [-0.2, 0) is 6.54 Å². The topological polar surface area (TPSA) is 64.9 Å². The molecule has 2 heterocycles. The van der Waals surface area contributed by atoms with E-state index in [2.05, 4.69) is 43.5 Å². The summed E-state index contributed by atoms with van der Waals surface area (Å²) >= 11 is 3.53. The smallest absolute Gasteiger partial charge is 0.233 e. The van der Waals surface area contributed by atoms with Gasteiger partial charge in [0.25, 0.3) is 0 Å². The zero-order valence-corrected chi connectivity index (χ0v) is 12.7. The summed E-state index contributed by atoms with van der Waals surface area (Å²) in [5, 5.41) is 15.8. The van der Waals surface area contributed by atoms with Gasteiger partial charge in [-0.3, -0.25) is 4.68 Å². The molecule has 0 aromatic carbocycles. The van der Waals surface area contributed by atoms with Crippen molar-refractivity contribution in [2.45, 2.75) is 19.5 Å². The molecule has 0 fully saturated rings. The maximum absolute atomic E-state index is 5.02. The van der Waals surface area contributed by atoms with Crippen LogP contribution in [0.3, 0.4) is 0 Å². The quantitative estimate of drug-likeness (QED) is 0.907. The number of nitrogens with zero attached hydrogens (tertiary/aromatic N) is 4. The van der Waals surface area contributed by atoms with E-state index >= 15 is 0 Å². The van der Waals surface area contributed by atoms with Crippen molar-refractivity contribution in [2.75, 3.05) is 14.2 Å². The van der Waals surface area contributed by atoms with Crippen LogP contribution in [-0.4, -0.2) is 34.1 Å². The van der Waals surface area contributed by atoms with E-state index in [1.54, 1.807) is 19.4 Å². The zero-order chi connectivity index (χ0) is 13.8. The fraction of sp³-hybridized carbons (Fsp3) is 0.417. The van der Waals surface area contributed by atoms with Crippen molar-refractivity contribution in [3.05, 3.63) is 34.2 Å².